The van der Waals surface area contributed by atoms with E-state index in [0.717, 1.165) is 5.57 Å². The molecule has 0 aromatic carbocycles. The Morgan fingerprint density at radius 1 is 1.20 bits per heavy atom. The van der Waals surface area contributed by atoms with Crippen molar-refractivity contribution < 1.29 is 14.4 Å². The van der Waals surface area contributed by atoms with Gasteiger partial charge in [-0.3, -0.25) is 14.4 Å². The van der Waals surface area contributed by atoms with Gasteiger partial charge in [0.1, 0.15) is 5.54 Å². The van der Waals surface area contributed by atoms with Gasteiger partial charge in [0.15, 0.2) is 0 Å². The first-order valence-electron chi connectivity index (χ1n) is 8.56. The fourth-order valence-electron chi connectivity index (χ4n) is 2.50. The lowest BCUT2D eigenvalue weighted by atomic mass is 9.86. The van der Waals surface area contributed by atoms with E-state index in [1.165, 1.54) is 6.92 Å². The first kappa shape index (κ1) is 20.9. The number of nitrogens with one attached hydrogen (secondary N) is 2. The summed E-state index contributed by atoms with van der Waals surface area (Å²) in [7, 11) is 0. The highest BCUT2D eigenvalue weighted by Gasteiger charge is 2.41. The van der Waals surface area contributed by atoms with Gasteiger partial charge < -0.3 is 15.5 Å². The fourth-order valence-corrected chi connectivity index (χ4v) is 2.50. The van der Waals surface area contributed by atoms with Crippen LogP contribution in [-0.4, -0.2) is 41.2 Å². The third-order valence-corrected chi connectivity index (χ3v) is 4.64. The maximum Gasteiger partial charge on any atom is 0.256 e. The van der Waals surface area contributed by atoms with E-state index in [4.69, 9.17) is 0 Å². The van der Waals surface area contributed by atoms with Crippen LogP contribution in [0.2, 0.25) is 0 Å². The van der Waals surface area contributed by atoms with E-state index in [1.54, 1.807) is 25.7 Å². The van der Waals surface area contributed by atoms with Crippen molar-refractivity contribution in [3.63, 3.8) is 0 Å². The highest BCUT2D eigenvalue weighted by Crippen LogP contribution is 2.28. The molecule has 1 saturated heterocycles. The molecule has 0 aromatic heterocycles. The molecule has 0 radical (unpaired) electrons. The number of hydrogen-bond donors (Lipinski definition) is 2. The van der Waals surface area contributed by atoms with Crippen LogP contribution in [0.5, 0.6) is 0 Å². The molecule has 3 amide bonds. The minimum absolute atomic E-state index is 0.114. The summed E-state index contributed by atoms with van der Waals surface area (Å²) in [4.78, 5) is 38.4. The van der Waals surface area contributed by atoms with Gasteiger partial charge in [-0.1, -0.05) is 26.3 Å². The average Bonchev–Trinajstić information content (AvgIpc) is 2.44. The van der Waals surface area contributed by atoms with Crippen LogP contribution in [0.3, 0.4) is 0 Å². The van der Waals surface area contributed by atoms with E-state index in [0.29, 0.717) is 24.4 Å². The van der Waals surface area contributed by atoms with E-state index in [-0.39, 0.29) is 23.1 Å². The third-order valence-electron chi connectivity index (χ3n) is 4.64. The molecule has 1 heterocycles. The molecule has 1 rings (SSSR count). The molecule has 140 valence electrons. The Labute approximate surface area is 150 Å². The second kappa shape index (κ2) is 7.42. The van der Waals surface area contributed by atoms with Gasteiger partial charge in [-0.05, 0) is 39.2 Å². The van der Waals surface area contributed by atoms with Gasteiger partial charge in [0, 0.05) is 25.7 Å². The summed E-state index contributed by atoms with van der Waals surface area (Å²) < 4.78 is 0. The van der Waals surface area contributed by atoms with E-state index < -0.39 is 5.54 Å². The van der Waals surface area contributed by atoms with Crippen LogP contribution in [0.1, 0.15) is 55.4 Å². The summed E-state index contributed by atoms with van der Waals surface area (Å²) in [5.41, 5.74) is 0.852. The molecular formula is C19H31N3O3. The molecule has 0 aromatic rings. The zero-order chi connectivity index (χ0) is 19.6. The summed E-state index contributed by atoms with van der Waals surface area (Å²) >= 11 is 0. The fraction of sp³-hybridized carbons (Fsp3) is 0.632. The van der Waals surface area contributed by atoms with Crippen molar-refractivity contribution >= 4 is 17.7 Å². The zero-order valence-corrected chi connectivity index (χ0v) is 16.7. The van der Waals surface area contributed by atoms with Crippen LogP contribution < -0.4 is 10.6 Å². The van der Waals surface area contributed by atoms with Crippen molar-refractivity contribution in [3.05, 3.63) is 22.9 Å². The molecule has 6 heteroatoms. The van der Waals surface area contributed by atoms with Crippen LogP contribution >= 0.6 is 0 Å². The van der Waals surface area contributed by atoms with Crippen LogP contribution in [0.25, 0.3) is 0 Å². The molecule has 0 aliphatic carbocycles. The van der Waals surface area contributed by atoms with Crippen LogP contribution in [0.15, 0.2) is 22.9 Å². The first-order chi connectivity index (χ1) is 11.3. The Bertz CT molecular complexity index is 637. The van der Waals surface area contributed by atoms with E-state index in [9.17, 15) is 14.4 Å². The Balaban J connectivity index is 3.40. The monoisotopic (exact) mass is 349 g/mol. The Morgan fingerprint density at radius 2 is 1.76 bits per heavy atom. The van der Waals surface area contributed by atoms with Crippen molar-refractivity contribution in [2.24, 2.45) is 5.41 Å². The smallest absolute Gasteiger partial charge is 0.256 e. The third kappa shape index (κ3) is 4.94. The highest BCUT2D eigenvalue weighted by atomic mass is 16.2. The normalized spacial score (nSPS) is 19.1. The largest absolute Gasteiger partial charge is 0.352 e. The van der Waals surface area contributed by atoms with Crippen molar-refractivity contribution in [1.29, 1.82) is 0 Å². The lowest BCUT2D eigenvalue weighted by Crippen LogP contribution is -2.63. The maximum absolute atomic E-state index is 13.2. The van der Waals surface area contributed by atoms with Crippen molar-refractivity contribution in [3.8, 4) is 0 Å². The molecule has 1 fully saturated rings. The number of piperazine rings is 1. The molecule has 0 saturated carbocycles. The molecule has 0 unspecified atom stereocenters. The molecule has 6 nitrogen and oxygen atoms in total. The van der Waals surface area contributed by atoms with E-state index in [1.807, 2.05) is 13.0 Å². The lowest BCUT2D eigenvalue weighted by molar-refractivity contribution is -0.146. The number of rotatable bonds is 3. The van der Waals surface area contributed by atoms with E-state index in [2.05, 4.69) is 31.4 Å². The summed E-state index contributed by atoms with van der Waals surface area (Å²) in [6.07, 6.45) is 1.82. The SMILES string of the molecule is CC(=O)N/C(C)=C(/C=C(\C)C(C)(C)C)C(=O)N1CCNC(=O)C1(C)C. The van der Waals surface area contributed by atoms with Crippen LogP contribution in [0.4, 0.5) is 0 Å². The Hall–Kier alpha value is -2.11. The van der Waals surface area contributed by atoms with Crippen molar-refractivity contribution in [1.82, 2.24) is 15.5 Å². The van der Waals surface area contributed by atoms with Gasteiger partial charge in [-0.2, -0.15) is 0 Å². The molecule has 0 atom stereocenters. The molecule has 1 aliphatic heterocycles. The molecule has 0 spiro atoms. The van der Waals surface area contributed by atoms with Gasteiger partial charge in [0.25, 0.3) is 5.91 Å². The number of allylic oxidation sites excluding steroid dienone is 2. The maximum atomic E-state index is 13.2. The van der Waals surface area contributed by atoms with Crippen molar-refractivity contribution in [2.45, 2.75) is 60.9 Å². The predicted molar refractivity (Wildman–Crippen MR) is 98.5 cm³/mol. The van der Waals surface area contributed by atoms with Crippen LogP contribution in [0, 0.1) is 5.41 Å². The summed E-state index contributed by atoms with van der Waals surface area (Å²) in [5.74, 6) is -0.671. The quantitative estimate of drug-likeness (QED) is 0.605. The molecule has 1 aliphatic rings. The zero-order valence-electron chi connectivity index (χ0n) is 16.7. The summed E-state index contributed by atoms with van der Waals surface area (Å²) in [5, 5.41) is 5.49. The lowest BCUT2D eigenvalue weighted by Gasteiger charge is -2.41. The standard InChI is InChI=1S/C19H31N3O3/c1-12(18(4,5)6)11-15(13(2)21-14(3)23)16(24)22-10-9-20-17(25)19(22,7)8/h11H,9-10H2,1-8H3,(H,20,25)(H,21,23)/b12-11+,15-13-. The number of amides is 3. The Morgan fingerprint density at radius 3 is 2.24 bits per heavy atom. The summed E-state index contributed by atoms with van der Waals surface area (Å²) in [6.45, 7) is 15.6. The molecular weight excluding hydrogens is 318 g/mol. The molecule has 0 bridgehead atoms. The van der Waals surface area contributed by atoms with Crippen LogP contribution in [-0.2, 0) is 14.4 Å². The second-order valence-electron chi connectivity index (χ2n) is 8.07. The van der Waals surface area contributed by atoms with Gasteiger partial charge >= 0.3 is 0 Å². The van der Waals surface area contributed by atoms with Gasteiger partial charge in [-0.15, -0.1) is 0 Å². The average molecular weight is 349 g/mol. The Kier molecular flexibility index (Phi) is 6.21. The topological polar surface area (TPSA) is 78.5 Å². The minimum atomic E-state index is -0.944. The minimum Gasteiger partial charge on any atom is -0.352 e. The van der Waals surface area contributed by atoms with Gasteiger partial charge in [0.2, 0.25) is 11.8 Å². The molecule has 25 heavy (non-hydrogen) atoms. The van der Waals surface area contributed by atoms with Gasteiger partial charge in [0.05, 0.1) is 5.57 Å². The number of hydrogen-bond acceptors (Lipinski definition) is 3. The molecule has 2 N–H and O–H groups in total. The first-order valence-corrected chi connectivity index (χ1v) is 8.56. The number of nitrogens with zero attached hydrogens (tertiary/aromatic N) is 1. The van der Waals surface area contributed by atoms with Gasteiger partial charge in [-0.25, -0.2) is 0 Å². The highest BCUT2D eigenvalue weighted by molar-refractivity contribution is 6.02. The second-order valence-corrected chi connectivity index (χ2v) is 8.07. The summed E-state index contributed by atoms with van der Waals surface area (Å²) in [6, 6.07) is 0. The number of carbonyl (C=O) groups excluding carboxylic acids is 3. The van der Waals surface area contributed by atoms with Crippen molar-refractivity contribution in [2.75, 3.05) is 13.1 Å². The predicted octanol–water partition coefficient (Wildman–Crippen LogP) is 2.13. The number of carbonyl (C=O) groups is 3. The van der Waals surface area contributed by atoms with E-state index >= 15 is 0 Å².